The Morgan fingerprint density at radius 3 is 2.42 bits per heavy atom. The predicted molar refractivity (Wildman–Crippen MR) is 73.4 cm³/mol. The summed E-state index contributed by atoms with van der Waals surface area (Å²) in [6, 6.07) is 3.70. The molecule has 0 aromatic heterocycles. The summed E-state index contributed by atoms with van der Waals surface area (Å²) in [6.07, 6.45) is 0.991. The van der Waals surface area contributed by atoms with Gasteiger partial charge in [-0.2, -0.15) is 0 Å². The van der Waals surface area contributed by atoms with Crippen molar-refractivity contribution < 1.29 is 14.7 Å². The summed E-state index contributed by atoms with van der Waals surface area (Å²) in [5.74, 6) is -0.107. The number of nitrogens with two attached hydrogens (primary N) is 1. The lowest BCUT2D eigenvalue weighted by Crippen LogP contribution is -2.14. The van der Waals surface area contributed by atoms with Gasteiger partial charge in [0.1, 0.15) is 0 Å². The minimum atomic E-state index is -0.193. The molecule has 1 aromatic carbocycles. The first-order valence-corrected chi connectivity index (χ1v) is 6.23. The number of esters is 1. The minimum Gasteiger partial charge on any atom is -0.466 e. The van der Waals surface area contributed by atoms with E-state index in [0.717, 1.165) is 16.7 Å². The van der Waals surface area contributed by atoms with Crippen molar-refractivity contribution in [3.8, 4) is 0 Å². The van der Waals surface area contributed by atoms with Crippen molar-refractivity contribution in [3.63, 3.8) is 0 Å². The van der Waals surface area contributed by atoms with Gasteiger partial charge in [0, 0.05) is 12.0 Å². The lowest BCUT2D eigenvalue weighted by Gasteiger charge is -2.12. The molecule has 0 atom stereocenters. The van der Waals surface area contributed by atoms with Gasteiger partial charge >= 0.3 is 5.97 Å². The number of rotatable bonds is 5. The normalized spacial score (nSPS) is 11.4. The molecule has 0 aliphatic carbocycles. The zero-order chi connectivity index (χ0) is 14.4. The van der Waals surface area contributed by atoms with Crippen molar-refractivity contribution in [3.05, 3.63) is 34.4 Å². The summed E-state index contributed by atoms with van der Waals surface area (Å²) >= 11 is 0. The Kier molecular flexibility index (Phi) is 5.36. The number of ether oxygens (including phenoxy) is 1. The van der Waals surface area contributed by atoms with E-state index in [2.05, 4.69) is 5.16 Å². The molecular formula is C14H20N2O3. The molecule has 0 bridgehead atoms. The molecule has 5 nitrogen and oxygen atoms in total. The van der Waals surface area contributed by atoms with Crippen molar-refractivity contribution in [2.24, 2.45) is 10.9 Å². The third kappa shape index (κ3) is 3.98. The summed E-state index contributed by atoms with van der Waals surface area (Å²) in [5, 5.41) is 11.7. The second kappa shape index (κ2) is 6.78. The molecule has 0 unspecified atom stereocenters. The van der Waals surface area contributed by atoms with Crippen molar-refractivity contribution in [1.29, 1.82) is 0 Å². The predicted octanol–water partition coefficient (Wildman–Crippen LogP) is 1.89. The van der Waals surface area contributed by atoms with E-state index in [4.69, 9.17) is 15.7 Å². The molecule has 0 fully saturated rings. The molecule has 0 heterocycles. The van der Waals surface area contributed by atoms with E-state index < -0.39 is 0 Å². The summed E-state index contributed by atoms with van der Waals surface area (Å²) in [6.45, 7) is 6.09. The smallest absolute Gasteiger partial charge is 0.306 e. The fourth-order valence-corrected chi connectivity index (χ4v) is 2.05. The molecule has 3 N–H and O–H groups in total. The van der Waals surface area contributed by atoms with Crippen LogP contribution in [0, 0.1) is 13.8 Å². The standard InChI is InChI=1S/C14H20N2O3/c1-4-19-13(17)6-5-12-9(2)7-11(8-10(12)3)14(15)16-18/h7-8,18H,4-6H2,1-3H3,(H2,15,16). The third-order valence-corrected chi connectivity index (χ3v) is 2.98. The highest BCUT2D eigenvalue weighted by molar-refractivity contribution is 5.97. The van der Waals surface area contributed by atoms with Crippen LogP contribution in [0.15, 0.2) is 17.3 Å². The highest BCUT2D eigenvalue weighted by Gasteiger charge is 2.10. The third-order valence-electron chi connectivity index (χ3n) is 2.98. The fourth-order valence-electron chi connectivity index (χ4n) is 2.05. The molecule has 0 radical (unpaired) electrons. The summed E-state index contributed by atoms with van der Waals surface area (Å²) in [4.78, 5) is 11.4. The van der Waals surface area contributed by atoms with Gasteiger partial charge in [0.15, 0.2) is 5.84 Å². The Labute approximate surface area is 113 Å². The van der Waals surface area contributed by atoms with E-state index >= 15 is 0 Å². The topological polar surface area (TPSA) is 84.9 Å². The quantitative estimate of drug-likeness (QED) is 0.279. The second-order valence-electron chi connectivity index (χ2n) is 4.38. The Morgan fingerprint density at radius 2 is 1.95 bits per heavy atom. The molecule has 0 saturated carbocycles. The molecule has 0 aliphatic rings. The van der Waals surface area contributed by atoms with Gasteiger partial charge in [-0.1, -0.05) is 5.16 Å². The Hall–Kier alpha value is -2.04. The molecular weight excluding hydrogens is 244 g/mol. The van der Waals surface area contributed by atoms with E-state index in [1.54, 1.807) is 6.92 Å². The maximum Gasteiger partial charge on any atom is 0.306 e. The Bertz CT molecular complexity index is 472. The number of aryl methyl sites for hydroxylation is 2. The number of amidine groups is 1. The van der Waals surface area contributed by atoms with Crippen LogP contribution in [0.3, 0.4) is 0 Å². The van der Waals surface area contributed by atoms with Gasteiger partial charge in [0.2, 0.25) is 0 Å². The maximum absolute atomic E-state index is 11.4. The molecule has 104 valence electrons. The van der Waals surface area contributed by atoms with E-state index in [-0.39, 0.29) is 11.8 Å². The van der Waals surface area contributed by atoms with Gasteiger partial charge in [-0.3, -0.25) is 4.79 Å². The van der Waals surface area contributed by atoms with Crippen LogP contribution in [-0.2, 0) is 16.0 Å². The van der Waals surface area contributed by atoms with Crippen molar-refractivity contribution in [2.45, 2.75) is 33.6 Å². The molecule has 19 heavy (non-hydrogen) atoms. The largest absolute Gasteiger partial charge is 0.466 e. The first kappa shape index (κ1) is 15.0. The van der Waals surface area contributed by atoms with Gasteiger partial charge in [0.25, 0.3) is 0 Å². The van der Waals surface area contributed by atoms with E-state index in [0.29, 0.717) is 25.0 Å². The number of hydrogen-bond donors (Lipinski definition) is 2. The molecule has 1 rings (SSSR count). The second-order valence-corrected chi connectivity index (χ2v) is 4.38. The van der Waals surface area contributed by atoms with Crippen molar-refractivity contribution in [2.75, 3.05) is 6.61 Å². The number of hydrogen-bond acceptors (Lipinski definition) is 4. The highest BCUT2D eigenvalue weighted by atomic mass is 16.5. The number of carbonyl (C=O) groups excluding carboxylic acids is 1. The average Bonchev–Trinajstić information content (AvgIpc) is 2.36. The molecule has 0 spiro atoms. The van der Waals surface area contributed by atoms with Crippen LogP contribution in [-0.4, -0.2) is 23.6 Å². The van der Waals surface area contributed by atoms with E-state index in [9.17, 15) is 4.79 Å². The monoisotopic (exact) mass is 264 g/mol. The molecule has 0 aliphatic heterocycles. The maximum atomic E-state index is 11.4. The van der Waals surface area contributed by atoms with Gasteiger partial charge in [0.05, 0.1) is 6.61 Å². The van der Waals surface area contributed by atoms with Crippen molar-refractivity contribution in [1.82, 2.24) is 0 Å². The zero-order valence-corrected chi connectivity index (χ0v) is 11.6. The van der Waals surface area contributed by atoms with Gasteiger partial charge in [-0.15, -0.1) is 0 Å². The highest BCUT2D eigenvalue weighted by Crippen LogP contribution is 2.18. The lowest BCUT2D eigenvalue weighted by molar-refractivity contribution is -0.143. The summed E-state index contributed by atoms with van der Waals surface area (Å²) in [5.41, 5.74) is 9.39. The van der Waals surface area contributed by atoms with Crippen LogP contribution in [0.1, 0.15) is 35.6 Å². The summed E-state index contributed by atoms with van der Waals surface area (Å²) in [7, 11) is 0. The Morgan fingerprint density at radius 1 is 1.37 bits per heavy atom. The Balaban J connectivity index is 2.89. The number of benzene rings is 1. The summed E-state index contributed by atoms with van der Waals surface area (Å²) < 4.78 is 4.91. The molecule has 1 aromatic rings. The van der Waals surface area contributed by atoms with Crippen LogP contribution in [0.5, 0.6) is 0 Å². The lowest BCUT2D eigenvalue weighted by atomic mass is 9.95. The van der Waals surface area contributed by atoms with Crippen molar-refractivity contribution >= 4 is 11.8 Å². The van der Waals surface area contributed by atoms with Gasteiger partial charge in [-0.05, 0) is 56.0 Å². The molecule has 0 amide bonds. The SMILES string of the molecule is CCOC(=O)CCc1c(C)cc(/C(N)=N\O)cc1C. The van der Waals surface area contributed by atoms with Crippen LogP contribution < -0.4 is 5.73 Å². The number of oxime groups is 1. The van der Waals surface area contributed by atoms with Crippen LogP contribution in [0.4, 0.5) is 0 Å². The minimum absolute atomic E-state index is 0.0862. The average molecular weight is 264 g/mol. The molecule has 0 saturated heterocycles. The first-order chi connectivity index (χ1) is 8.99. The fraction of sp³-hybridized carbons (Fsp3) is 0.429. The van der Waals surface area contributed by atoms with Crippen LogP contribution in [0.2, 0.25) is 0 Å². The molecule has 5 heteroatoms. The number of carbonyl (C=O) groups is 1. The zero-order valence-electron chi connectivity index (χ0n) is 11.6. The van der Waals surface area contributed by atoms with Crippen LogP contribution >= 0.6 is 0 Å². The van der Waals surface area contributed by atoms with E-state index in [1.165, 1.54) is 0 Å². The van der Waals surface area contributed by atoms with Crippen LogP contribution in [0.25, 0.3) is 0 Å². The van der Waals surface area contributed by atoms with Gasteiger partial charge in [-0.25, -0.2) is 0 Å². The van der Waals surface area contributed by atoms with E-state index in [1.807, 2.05) is 26.0 Å². The number of nitrogens with zero attached hydrogens (tertiary/aromatic N) is 1. The van der Waals surface area contributed by atoms with Gasteiger partial charge < -0.3 is 15.7 Å². The first-order valence-electron chi connectivity index (χ1n) is 6.23.